The molecule has 0 radical (unpaired) electrons. The highest BCUT2D eigenvalue weighted by Gasteiger charge is 2.28. The van der Waals surface area contributed by atoms with Crippen LogP contribution in [0, 0.1) is 0 Å². The lowest BCUT2D eigenvalue weighted by Gasteiger charge is -2.31. The second-order valence-corrected chi connectivity index (χ2v) is 19.1. The summed E-state index contributed by atoms with van der Waals surface area (Å²) in [6.07, 6.45) is 17.9. The summed E-state index contributed by atoms with van der Waals surface area (Å²) in [6.45, 7) is 9.68. The van der Waals surface area contributed by atoms with E-state index in [1.54, 1.807) is 37.4 Å². The zero-order valence-electron chi connectivity index (χ0n) is 15.8. The Labute approximate surface area is 139 Å². The third-order valence-corrected chi connectivity index (χ3v) is 18.9. The molecule has 0 aromatic rings. The molecule has 0 amide bonds. The topological polar surface area (TPSA) is 0 Å². The molecule has 0 N–H and O–H groups in total. The zero-order valence-corrected chi connectivity index (χ0v) is 18.2. The van der Waals surface area contributed by atoms with Crippen molar-refractivity contribution in [3.05, 3.63) is 0 Å². The Morgan fingerprint density at radius 1 is 0.524 bits per heavy atom. The van der Waals surface area contributed by atoms with Crippen LogP contribution in [0.3, 0.4) is 0 Å². The van der Waals surface area contributed by atoms with Crippen LogP contribution in [0.2, 0.25) is 24.7 Å². The van der Waals surface area contributed by atoms with E-state index >= 15 is 0 Å². The predicted molar refractivity (Wildman–Crippen MR) is 107 cm³/mol. The van der Waals surface area contributed by atoms with Crippen molar-refractivity contribution in [1.82, 2.24) is 0 Å². The Morgan fingerprint density at radius 3 is 1.10 bits per heavy atom. The standard InChI is InChI=1S/C19H44Si2/c1-5-8-11-14-17-21(20-4,18-15-12-9-6-2)19-16-13-10-7-3/h5-20H2,1-4H3. The summed E-state index contributed by atoms with van der Waals surface area (Å²) in [6, 6.07) is 5.11. The molecule has 0 aromatic heterocycles. The number of rotatable bonds is 16. The van der Waals surface area contributed by atoms with Crippen molar-refractivity contribution in [3.63, 3.8) is 0 Å². The number of hydrogen-bond donors (Lipinski definition) is 0. The maximum atomic E-state index is 2.66. The van der Waals surface area contributed by atoms with Crippen molar-refractivity contribution in [2.45, 2.75) is 123 Å². The van der Waals surface area contributed by atoms with Gasteiger partial charge in [-0.3, -0.25) is 0 Å². The highest BCUT2D eigenvalue weighted by atomic mass is 29.2. The van der Waals surface area contributed by atoms with Crippen LogP contribution in [0.25, 0.3) is 0 Å². The van der Waals surface area contributed by atoms with Crippen molar-refractivity contribution in [1.29, 1.82) is 0 Å². The smallest absolute Gasteiger partial charge is 0.0398 e. The lowest BCUT2D eigenvalue weighted by Crippen LogP contribution is -2.40. The van der Waals surface area contributed by atoms with Crippen LogP contribution in [-0.4, -0.2) is 16.6 Å². The van der Waals surface area contributed by atoms with Gasteiger partial charge in [-0.25, -0.2) is 0 Å². The van der Waals surface area contributed by atoms with E-state index in [2.05, 4.69) is 27.3 Å². The summed E-state index contributed by atoms with van der Waals surface area (Å²) in [7, 11) is -0.523. The van der Waals surface area contributed by atoms with Crippen LogP contribution in [-0.2, 0) is 0 Å². The first-order chi connectivity index (χ1) is 10.2. The van der Waals surface area contributed by atoms with Gasteiger partial charge < -0.3 is 0 Å². The van der Waals surface area contributed by atoms with Gasteiger partial charge in [-0.2, -0.15) is 0 Å². The van der Waals surface area contributed by atoms with E-state index in [-0.39, 0.29) is 9.04 Å². The fourth-order valence-electron chi connectivity index (χ4n) is 3.69. The Morgan fingerprint density at radius 2 is 0.857 bits per heavy atom. The number of unbranched alkanes of at least 4 members (excludes halogenated alkanes) is 9. The highest BCUT2D eigenvalue weighted by Crippen LogP contribution is 2.28. The van der Waals surface area contributed by atoms with Crippen LogP contribution < -0.4 is 0 Å². The lowest BCUT2D eigenvalue weighted by molar-refractivity contribution is 0.670. The second kappa shape index (κ2) is 15.3. The average molecular weight is 329 g/mol. The van der Waals surface area contributed by atoms with Gasteiger partial charge >= 0.3 is 0 Å². The van der Waals surface area contributed by atoms with Gasteiger partial charge in [0.2, 0.25) is 0 Å². The Kier molecular flexibility index (Phi) is 15.7. The molecule has 0 rings (SSSR count). The third-order valence-electron chi connectivity index (χ3n) is 5.43. The van der Waals surface area contributed by atoms with Gasteiger partial charge in [0.15, 0.2) is 0 Å². The van der Waals surface area contributed by atoms with Crippen molar-refractivity contribution in [3.8, 4) is 0 Å². The molecule has 0 aliphatic heterocycles. The monoisotopic (exact) mass is 328 g/mol. The molecule has 0 aliphatic rings. The zero-order chi connectivity index (χ0) is 15.8. The van der Waals surface area contributed by atoms with E-state index < -0.39 is 7.59 Å². The summed E-state index contributed by atoms with van der Waals surface area (Å²) < 4.78 is 0. The summed E-state index contributed by atoms with van der Waals surface area (Å²) in [5, 5.41) is 0. The molecule has 21 heavy (non-hydrogen) atoms. The molecule has 128 valence electrons. The molecule has 0 atom stereocenters. The van der Waals surface area contributed by atoms with Crippen molar-refractivity contribution in [2.75, 3.05) is 0 Å². The summed E-state index contributed by atoms with van der Waals surface area (Å²) in [4.78, 5) is 0. The summed E-state index contributed by atoms with van der Waals surface area (Å²) in [5.74, 6) is 0. The van der Waals surface area contributed by atoms with Crippen LogP contribution >= 0.6 is 0 Å². The van der Waals surface area contributed by atoms with E-state index in [1.165, 1.54) is 57.8 Å². The van der Waals surface area contributed by atoms with Crippen LogP contribution in [0.15, 0.2) is 0 Å². The van der Waals surface area contributed by atoms with Gasteiger partial charge in [-0.05, 0) is 0 Å². The fraction of sp³-hybridized carbons (Fsp3) is 1.00. The lowest BCUT2D eigenvalue weighted by atomic mass is 10.2. The molecular weight excluding hydrogens is 284 g/mol. The van der Waals surface area contributed by atoms with E-state index in [4.69, 9.17) is 0 Å². The minimum absolute atomic E-state index is 0.257. The molecule has 0 nitrogen and oxygen atoms in total. The van der Waals surface area contributed by atoms with Gasteiger partial charge in [-0.1, -0.05) is 123 Å². The molecule has 0 spiro atoms. The number of hydrogen-bond acceptors (Lipinski definition) is 0. The van der Waals surface area contributed by atoms with E-state index in [1.807, 2.05) is 0 Å². The fourth-order valence-corrected chi connectivity index (χ4v) is 13.9. The average Bonchev–Trinajstić information content (AvgIpc) is 2.51. The molecule has 0 saturated heterocycles. The first-order valence-corrected chi connectivity index (χ1v) is 16.6. The maximum absolute atomic E-state index is 2.66. The molecule has 0 bridgehead atoms. The first kappa shape index (κ1) is 21.4. The molecule has 0 heterocycles. The molecule has 0 aromatic carbocycles. The maximum Gasteiger partial charge on any atom is 0.0398 e. The van der Waals surface area contributed by atoms with Gasteiger partial charge in [-0.15, -0.1) is 0 Å². The largest absolute Gasteiger partial charge is 0.0766 e. The molecular formula is C19H44Si2. The van der Waals surface area contributed by atoms with Gasteiger partial charge in [0, 0.05) is 16.6 Å². The van der Waals surface area contributed by atoms with Crippen LogP contribution in [0.5, 0.6) is 0 Å². The van der Waals surface area contributed by atoms with Gasteiger partial charge in [0.1, 0.15) is 0 Å². The van der Waals surface area contributed by atoms with Crippen LogP contribution in [0.1, 0.15) is 97.8 Å². The van der Waals surface area contributed by atoms with Crippen molar-refractivity contribution in [2.24, 2.45) is 0 Å². The Bertz CT molecular complexity index is 172. The molecule has 2 heteroatoms. The molecule has 0 saturated carbocycles. The first-order valence-electron chi connectivity index (χ1n) is 10.2. The normalized spacial score (nSPS) is 12.6. The quantitative estimate of drug-likeness (QED) is 0.214. The third kappa shape index (κ3) is 11.6. The second-order valence-electron chi connectivity index (χ2n) is 7.29. The summed E-state index contributed by atoms with van der Waals surface area (Å²) in [5.41, 5.74) is 0. The van der Waals surface area contributed by atoms with E-state index in [0.29, 0.717) is 0 Å². The van der Waals surface area contributed by atoms with Crippen molar-refractivity contribution >= 4 is 16.6 Å². The Balaban J connectivity index is 4.22. The highest BCUT2D eigenvalue weighted by molar-refractivity contribution is 7.24. The van der Waals surface area contributed by atoms with Crippen LogP contribution in [0.4, 0.5) is 0 Å². The predicted octanol–water partition coefficient (Wildman–Crippen LogP) is 6.89. The van der Waals surface area contributed by atoms with Gasteiger partial charge in [0.05, 0.1) is 0 Å². The SMILES string of the molecule is CCCCCC[Si](CCCCCC)(CCCCCC)[SiH2]C. The van der Waals surface area contributed by atoms with E-state index in [9.17, 15) is 0 Å². The Hall–Kier alpha value is 0.434. The van der Waals surface area contributed by atoms with Crippen molar-refractivity contribution < 1.29 is 0 Å². The minimum atomic E-state index is -0.781. The summed E-state index contributed by atoms with van der Waals surface area (Å²) >= 11 is 0. The molecule has 0 fully saturated rings. The van der Waals surface area contributed by atoms with E-state index in [0.717, 1.165) is 0 Å². The molecule has 0 aliphatic carbocycles. The minimum Gasteiger partial charge on any atom is -0.0766 e. The molecule has 0 unspecified atom stereocenters. The van der Waals surface area contributed by atoms with Gasteiger partial charge in [0.25, 0.3) is 0 Å².